The summed E-state index contributed by atoms with van der Waals surface area (Å²) >= 11 is 0. The molecule has 5 nitrogen and oxygen atoms in total. The third-order valence-electron chi connectivity index (χ3n) is 5.82. The number of hydrogen-bond donors (Lipinski definition) is 1. The van der Waals surface area contributed by atoms with Crippen LogP contribution in [0.2, 0.25) is 0 Å². The molecule has 0 radical (unpaired) electrons. The normalized spacial score (nSPS) is 22.3. The molecule has 26 heavy (non-hydrogen) atoms. The van der Waals surface area contributed by atoms with Crippen LogP contribution in [0.5, 0.6) is 17.2 Å². The van der Waals surface area contributed by atoms with Gasteiger partial charge in [0, 0.05) is 32.2 Å². The van der Waals surface area contributed by atoms with Crippen molar-refractivity contribution in [2.45, 2.75) is 18.9 Å². The highest BCUT2D eigenvalue weighted by Gasteiger charge is 2.30. The molecule has 1 atom stereocenters. The molecular weight excluding hydrogens is 328 g/mol. The van der Waals surface area contributed by atoms with Gasteiger partial charge in [-0.1, -0.05) is 12.1 Å². The van der Waals surface area contributed by atoms with Gasteiger partial charge in [0.2, 0.25) is 0 Å². The van der Waals surface area contributed by atoms with Gasteiger partial charge in [-0.25, -0.2) is 0 Å². The van der Waals surface area contributed by atoms with Crippen LogP contribution in [0.25, 0.3) is 0 Å². The maximum absolute atomic E-state index is 9.71. The molecule has 1 aliphatic carbocycles. The average Bonchev–Trinajstić information content (AvgIpc) is 3.11. The molecule has 0 amide bonds. The van der Waals surface area contributed by atoms with Crippen LogP contribution in [0.3, 0.4) is 0 Å². The van der Waals surface area contributed by atoms with E-state index < -0.39 is 0 Å². The summed E-state index contributed by atoms with van der Waals surface area (Å²) < 4.78 is 11.6. The first-order chi connectivity index (χ1) is 12.8. The van der Waals surface area contributed by atoms with E-state index in [0.717, 1.165) is 56.2 Å². The van der Waals surface area contributed by atoms with Crippen molar-refractivity contribution >= 4 is 5.69 Å². The zero-order valence-corrected chi connectivity index (χ0v) is 14.9. The summed E-state index contributed by atoms with van der Waals surface area (Å²) in [6, 6.07) is 12.5. The van der Waals surface area contributed by atoms with E-state index in [1.165, 1.54) is 11.1 Å². The zero-order valence-electron chi connectivity index (χ0n) is 14.9. The van der Waals surface area contributed by atoms with Crippen LogP contribution in [-0.2, 0) is 12.8 Å². The number of benzene rings is 2. The largest absolute Gasteiger partial charge is 0.508 e. The molecule has 1 unspecified atom stereocenters. The van der Waals surface area contributed by atoms with Gasteiger partial charge in [0.15, 0.2) is 11.5 Å². The SMILES string of the molecule is Oc1ccc2c(c1)CC(N1CCN(c3cccc4c3OCCO4)CC1)C2. The van der Waals surface area contributed by atoms with Crippen molar-refractivity contribution < 1.29 is 14.6 Å². The number of para-hydroxylation sites is 1. The van der Waals surface area contributed by atoms with E-state index in [2.05, 4.69) is 28.0 Å². The summed E-state index contributed by atoms with van der Waals surface area (Å²) in [5, 5.41) is 9.71. The predicted octanol–water partition coefficient (Wildman–Crippen LogP) is 2.45. The number of piperazine rings is 1. The number of phenolic OH excluding ortho intramolecular Hbond substituents is 1. The van der Waals surface area contributed by atoms with Crippen molar-refractivity contribution in [1.82, 2.24) is 4.90 Å². The van der Waals surface area contributed by atoms with E-state index in [1.807, 2.05) is 12.1 Å². The first-order valence-corrected chi connectivity index (χ1v) is 9.46. The van der Waals surface area contributed by atoms with E-state index >= 15 is 0 Å². The fourth-order valence-corrected chi connectivity index (χ4v) is 4.47. The summed E-state index contributed by atoms with van der Waals surface area (Å²) in [6.45, 7) is 5.35. The molecule has 1 saturated heterocycles. The molecule has 1 N–H and O–H groups in total. The Balaban J connectivity index is 1.26. The summed E-state index contributed by atoms with van der Waals surface area (Å²) in [7, 11) is 0. The summed E-state index contributed by atoms with van der Waals surface area (Å²) in [4.78, 5) is 5.01. The first-order valence-electron chi connectivity index (χ1n) is 9.46. The van der Waals surface area contributed by atoms with Crippen LogP contribution in [0.15, 0.2) is 36.4 Å². The molecular formula is C21H24N2O3. The lowest BCUT2D eigenvalue weighted by Crippen LogP contribution is -2.50. The lowest BCUT2D eigenvalue weighted by molar-refractivity contribution is 0.169. The molecule has 5 rings (SSSR count). The molecule has 2 aromatic rings. The van der Waals surface area contributed by atoms with Crippen LogP contribution >= 0.6 is 0 Å². The fraction of sp³-hybridized carbons (Fsp3) is 0.429. The van der Waals surface area contributed by atoms with Crippen LogP contribution in [0, 0.1) is 0 Å². The summed E-state index contributed by atoms with van der Waals surface area (Å²) in [5.41, 5.74) is 3.85. The molecule has 2 aromatic carbocycles. The highest BCUT2D eigenvalue weighted by molar-refractivity contribution is 5.65. The van der Waals surface area contributed by atoms with Crippen molar-refractivity contribution in [3.05, 3.63) is 47.5 Å². The first kappa shape index (κ1) is 15.8. The number of rotatable bonds is 2. The molecule has 0 aromatic heterocycles. The Kier molecular flexibility index (Phi) is 3.89. The minimum Gasteiger partial charge on any atom is -0.508 e. The van der Waals surface area contributed by atoms with Gasteiger partial charge < -0.3 is 19.5 Å². The molecule has 3 aliphatic rings. The number of ether oxygens (including phenoxy) is 2. The van der Waals surface area contributed by atoms with Gasteiger partial charge in [0.1, 0.15) is 19.0 Å². The second-order valence-electron chi connectivity index (χ2n) is 7.34. The van der Waals surface area contributed by atoms with Crippen LogP contribution in [-0.4, -0.2) is 55.4 Å². The molecule has 5 heteroatoms. The van der Waals surface area contributed by atoms with E-state index in [1.54, 1.807) is 6.07 Å². The molecule has 0 bridgehead atoms. The second-order valence-corrected chi connectivity index (χ2v) is 7.34. The highest BCUT2D eigenvalue weighted by Crippen LogP contribution is 2.40. The van der Waals surface area contributed by atoms with Crippen molar-refractivity contribution in [2.75, 3.05) is 44.3 Å². The molecule has 0 spiro atoms. The Morgan fingerprint density at radius 2 is 1.69 bits per heavy atom. The van der Waals surface area contributed by atoms with Crippen LogP contribution in [0.4, 0.5) is 5.69 Å². The van der Waals surface area contributed by atoms with Crippen molar-refractivity contribution in [2.24, 2.45) is 0 Å². The Morgan fingerprint density at radius 3 is 2.58 bits per heavy atom. The Labute approximate surface area is 153 Å². The lowest BCUT2D eigenvalue weighted by atomic mass is 10.1. The van der Waals surface area contributed by atoms with Crippen molar-refractivity contribution in [3.8, 4) is 17.2 Å². The third kappa shape index (κ3) is 2.76. The maximum atomic E-state index is 9.71. The van der Waals surface area contributed by atoms with Gasteiger partial charge in [-0.2, -0.15) is 0 Å². The minimum atomic E-state index is 0.380. The van der Waals surface area contributed by atoms with Crippen molar-refractivity contribution in [1.29, 1.82) is 0 Å². The smallest absolute Gasteiger partial charge is 0.184 e. The number of nitrogens with zero attached hydrogens (tertiary/aromatic N) is 2. The minimum absolute atomic E-state index is 0.380. The number of phenols is 1. The topological polar surface area (TPSA) is 45.2 Å². The quantitative estimate of drug-likeness (QED) is 0.900. The second kappa shape index (κ2) is 6.40. The molecule has 2 heterocycles. The van der Waals surface area contributed by atoms with E-state index in [-0.39, 0.29) is 0 Å². The Morgan fingerprint density at radius 1 is 0.885 bits per heavy atom. The van der Waals surface area contributed by atoms with Crippen molar-refractivity contribution in [3.63, 3.8) is 0 Å². The molecule has 2 aliphatic heterocycles. The average molecular weight is 352 g/mol. The maximum Gasteiger partial charge on any atom is 0.184 e. The van der Waals surface area contributed by atoms with Gasteiger partial charge in [-0.15, -0.1) is 0 Å². The van der Waals surface area contributed by atoms with Gasteiger partial charge in [0.25, 0.3) is 0 Å². The van der Waals surface area contributed by atoms with E-state index in [4.69, 9.17) is 9.47 Å². The Bertz CT molecular complexity index is 815. The predicted molar refractivity (Wildman–Crippen MR) is 101 cm³/mol. The highest BCUT2D eigenvalue weighted by atomic mass is 16.6. The van der Waals surface area contributed by atoms with E-state index in [9.17, 15) is 5.11 Å². The number of fused-ring (bicyclic) bond motifs is 2. The lowest BCUT2D eigenvalue weighted by Gasteiger charge is -2.40. The van der Waals surface area contributed by atoms with Crippen LogP contribution < -0.4 is 14.4 Å². The summed E-state index contributed by atoms with van der Waals surface area (Å²) in [5.74, 6) is 2.14. The van der Waals surface area contributed by atoms with Gasteiger partial charge in [-0.3, -0.25) is 4.90 Å². The Hall–Kier alpha value is -2.40. The van der Waals surface area contributed by atoms with Gasteiger partial charge in [0.05, 0.1) is 5.69 Å². The number of hydrogen-bond acceptors (Lipinski definition) is 5. The fourth-order valence-electron chi connectivity index (χ4n) is 4.47. The number of anilines is 1. The van der Waals surface area contributed by atoms with Gasteiger partial charge >= 0.3 is 0 Å². The summed E-state index contributed by atoms with van der Waals surface area (Å²) in [6.07, 6.45) is 2.13. The third-order valence-corrected chi connectivity index (χ3v) is 5.82. The standard InChI is InChI=1S/C21H24N2O3/c24-18-5-4-15-12-17(13-16(15)14-18)22-6-8-23(9-7-22)19-2-1-3-20-21(19)26-11-10-25-20/h1-5,14,17,24H,6-13H2. The molecule has 0 saturated carbocycles. The molecule has 136 valence electrons. The van der Waals surface area contributed by atoms with Crippen LogP contribution in [0.1, 0.15) is 11.1 Å². The molecule has 1 fully saturated rings. The number of aromatic hydroxyl groups is 1. The monoisotopic (exact) mass is 352 g/mol. The zero-order chi connectivity index (χ0) is 17.5. The van der Waals surface area contributed by atoms with Gasteiger partial charge in [-0.05, 0) is 48.2 Å². The van der Waals surface area contributed by atoms with E-state index in [0.29, 0.717) is 25.0 Å².